The standard InChI is InChI=1S/C24H20N4O3S/c1-17-10-12-18(13-11-17)28-23(30)20-8-2-3-9-21(20)26-24(28)32-16-22(29)27-25-14-4-6-19-7-5-15-31-19/h2-15H,16H2,1H3,(H,27,29)/b6-4+,25-14-. The lowest BCUT2D eigenvalue weighted by molar-refractivity contribution is -0.118. The summed E-state index contributed by atoms with van der Waals surface area (Å²) in [7, 11) is 0. The lowest BCUT2D eigenvalue weighted by atomic mass is 10.2. The number of nitrogens with one attached hydrogen (secondary N) is 1. The Morgan fingerprint density at radius 2 is 1.97 bits per heavy atom. The van der Waals surface area contributed by atoms with Crippen LogP contribution in [0.2, 0.25) is 0 Å². The third-order valence-electron chi connectivity index (χ3n) is 4.52. The van der Waals surface area contributed by atoms with Gasteiger partial charge in [-0.2, -0.15) is 5.10 Å². The molecule has 1 amide bonds. The van der Waals surface area contributed by atoms with Gasteiger partial charge in [0, 0.05) is 6.21 Å². The SMILES string of the molecule is Cc1ccc(-n2c(SCC(=O)N/N=C\C=C\c3ccco3)nc3ccccc3c2=O)cc1. The Morgan fingerprint density at radius 1 is 1.16 bits per heavy atom. The van der Waals surface area contributed by atoms with Gasteiger partial charge in [0.15, 0.2) is 5.16 Å². The van der Waals surface area contributed by atoms with Crippen LogP contribution in [0.3, 0.4) is 0 Å². The summed E-state index contributed by atoms with van der Waals surface area (Å²) >= 11 is 1.18. The van der Waals surface area contributed by atoms with Gasteiger partial charge in [0.05, 0.1) is 28.6 Å². The molecule has 0 unspecified atom stereocenters. The molecule has 160 valence electrons. The van der Waals surface area contributed by atoms with E-state index in [-0.39, 0.29) is 17.2 Å². The summed E-state index contributed by atoms with van der Waals surface area (Å²) in [6, 6.07) is 18.4. The van der Waals surface area contributed by atoms with Crippen molar-refractivity contribution in [1.29, 1.82) is 0 Å². The van der Waals surface area contributed by atoms with Crippen molar-refractivity contribution in [2.75, 3.05) is 5.75 Å². The number of rotatable bonds is 7. The Morgan fingerprint density at radius 3 is 2.75 bits per heavy atom. The van der Waals surface area contributed by atoms with Gasteiger partial charge in [0.2, 0.25) is 0 Å². The van der Waals surface area contributed by atoms with Crippen molar-refractivity contribution in [3.63, 3.8) is 0 Å². The summed E-state index contributed by atoms with van der Waals surface area (Å²) in [5.41, 5.74) is 4.66. The molecule has 4 aromatic rings. The van der Waals surface area contributed by atoms with Gasteiger partial charge in [-0.15, -0.1) is 0 Å². The van der Waals surface area contributed by atoms with E-state index in [9.17, 15) is 9.59 Å². The summed E-state index contributed by atoms with van der Waals surface area (Å²) in [5.74, 6) is 0.431. The second kappa shape index (κ2) is 9.93. The van der Waals surface area contributed by atoms with Gasteiger partial charge >= 0.3 is 0 Å². The maximum absolute atomic E-state index is 13.2. The molecule has 2 heterocycles. The zero-order valence-electron chi connectivity index (χ0n) is 17.3. The van der Waals surface area contributed by atoms with E-state index in [2.05, 4.69) is 15.5 Å². The van der Waals surface area contributed by atoms with Crippen molar-refractivity contribution < 1.29 is 9.21 Å². The molecule has 0 aliphatic rings. The van der Waals surface area contributed by atoms with E-state index in [0.717, 1.165) is 5.56 Å². The normalized spacial score (nSPS) is 11.5. The fraction of sp³-hybridized carbons (Fsp3) is 0.0833. The van der Waals surface area contributed by atoms with Crippen LogP contribution >= 0.6 is 11.8 Å². The first-order chi connectivity index (χ1) is 15.6. The summed E-state index contributed by atoms with van der Waals surface area (Å²) < 4.78 is 6.71. The van der Waals surface area contributed by atoms with Crippen molar-refractivity contribution >= 4 is 40.9 Å². The van der Waals surface area contributed by atoms with E-state index in [0.29, 0.717) is 27.5 Å². The summed E-state index contributed by atoms with van der Waals surface area (Å²) in [5, 5.41) is 4.85. The van der Waals surface area contributed by atoms with Crippen molar-refractivity contribution in [3.8, 4) is 5.69 Å². The van der Waals surface area contributed by atoms with Crippen molar-refractivity contribution in [3.05, 3.63) is 94.7 Å². The molecular weight excluding hydrogens is 424 g/mol. The Hall–Kier alpha value is -3.91. The molecule has 7 nitrogen and oxygen atoms in total. The molecule has 32 heavy (non-hydrogen) atoms. The third kappa shape index (κ3) is 5.04. The van der Waals surface area contributed by atoms with E-state index in [4.69, 9.17) is 4.42 Å². The predicted octanol–water partition coefficient (Wildman–Crippen LogP) is 4.19. The number of hydrazone groups is 1. The van der Waals surface area contributed by atoms with E-state index in [1.54, 1.807) is 36.6 Å². The van der Waals surface area contributed by atoms with Crippen LogP contribution in [-0.2, 0) is 4.79 Å². The number of aryl methyl sites for hydroxylation is 1. The minimum absolute atomic E-state index is 0.0515. The summed E-state index contributed by atoms with van der Waals surface area (Å²) in [4.78, 5) is 30.1. The number of nitrogens with zero attached hydrogens (tertiary/aromatic N) is 3. The van der Waals surface area contributed by atoms with Crippen LogP contribution in [0.15, 0.2) is 92.5 Å². The van der Waals surface area contributed by atoms with E-state index < -0.39 is 0 Å². The first kappa shape index (κ1) is 21.3. The van der Waals surface area contributed by atoms with Gasteiger partial charge in [0.1, 0.15) is 5.76 Å². The number of aromatic nitrogens is 2. The molecule has 2 aromatic carbocycles. The highest BCUT2D eigenvalue weighted by Gasteiger charge is 2.14. The van der Waals surface area contributed by atoms with Crippen molar-refractivity contribution in [1.82, 2.24) is 15.0 Å². The Balaban J connectivity index is 1.51. The van der Waals surface area contributed by atoms with Crippen molar-refractivity contribution in [2.45, 2.75) is 12.1 Å². The molecule has 0 radical (unpaired) electrons. The van der Waals surface area contributed by atoms with Gasteiger partial charge in [-0.1, -0.05) is 41.6 Å². The molecule has 0 aliphatic heterocycles. The lowest BCUT2D eigenvalue weighted by Gasteiger charge is -2.13. The first-order valence-electron chi connectivity index (χ1n) is 9.85. The minimum Gasteiger partial charge on any atom is -0.465 e. The molecule has 0 atom stereocenters. The van der Waals surface area contributed by atoms with Crippen LogP contribution in [0.25, 0.3) is 22.7 Å². The lowest BCUT2D eigenvalue weighted by Crippen LogP contribution is -2.24. The van der Waals surface area contributed by atoms with Crippen LogP contribution in [-0.4, -0.2) is 27.4 Å². The van der Waals surface area contributed by atoms with Gasteiger partial charge < -0.3 is 4.42 Å². The molecule has 0 saturated heterocycles. The number of carbonyl (C=O) groups is 1. The summed E-state index contributed by atoms with van der Waals surface area (Å²) in [6.07, 6.45) is 6.42. The Kier molecular flexibility index (Phi) is 6.62. The van der Waals surface area contributed by atoms with Gasteiger partial charge in [0.25, 0.3) is 11.5 Å². The molecule has 8 heteroatoms. The highest BCUT2D eigenvalue weighted by Crippen LogP contribution is 2.21. The van der Waals surface area contributed by atoms with Crippen LogP contribution in [0, 0.1) is 6.92 Å². The second-order valence-electron chi connectivity index (χ2n) is 6.86. The average Bonchev–Trinajstić information content (AvgIpc) is 3.32. The number of para-hydroxylation sites is 1. The quantitative estimate of drug-likeness (QED) is 0.200. The molecule has 0 fully saturated rings. The summed E-state index contributed by atoms with van der Waals surface area (Å²) in [6.45, 7) is 1.98. The number of fused-ring (bicyclic) bond motifs is 1. The molecule has 0 aliphatic carbocycles. The van der Waals surface area contributed by atoms with Crippen LogP contribution < -0.4 is 11.0 Å². The fourth-order valence-corrected chi connectivity index (χ4v) is 3.77. The molecule has 0 bridgehead atoms. The molecule has 0 saturated carbocycles. The maximum atomic E-state index is 13.2. The zero-order valence-corrected chi connectivity index (χ0v) is 18.1. The number of carbonyl (C=O) groups excluding carboxylic acids is 1. The number of furan rings is 1. The van der Waals surface area contributed by atoms with Crippen LogP contribution in [0.1, 0.15) is 11.3 Å². The highest BCUT2D eigenvalue weighted by molar-refractivity contribution is 7.99. The highest BCUT2D eigenvalue weighted by atomic mass is 32.2. The predicted molar refractivity (Wildman–Crippen MR) is 127 cm³/mol. The van der Waals surface area contributed by atoms with Gasteiger partial charge in [-0.05, 0) is 55.5 Å². The topological polar surface area (TPSA) is 89.5 Å². The average molecular weight is 445 g/mol. The molecular formula is C24H20N4O3S. The van der Waals surface area contributed by atoms with E-state index in [1.165, 1.54) is 22.5 Å². The third-order valence-corrected chi connectivity index (χ3v) is 5.46. The monoisotopic (exact) mass is 444 g/mol. The number of allylic oxidation sites excluding steroid dienone is 1. The number of thioether (sulfide) groups is 1. The smallest absolute Gasteiger partial charge is 0.266 e. The number of benzene rings is 2. The first-order valence-corrected chi connectivity index (χ1v) is 10.8. The Labute approximate surface area is 188 Å². The molecule has 2 aromatic heterocycles. The van der Waals surface area contributed by atoms with E-state index in [1.807, 2.05) is 49.4 Å². The largest absolute Gasteiger partial charge is 0.465 e. The van der Waals surface area contributed by atoms with Gasteiger partial charge in [-0.25, -0.2) is 10.4 Å². The molecule has 0 spiro atoms. The minimum atomic E-state index is -0.310. The number of amides is 1. The Bertz CT molecular complexity index is 1340. The van der Waals surface area contributed by atoms with E-state index >= 15 is 0 Å². The van der Waals surface area contributed by atoms with Gasteiger partial charge in [-0.3, -0.25) is 14.2 Å². The molecule has 1 N–H and O–H groups in total. The van der Waals surface area contributed by atoms with Crippen molar-refractivity contribution in [2.24, 2.45) is 5.10 Å². The van der Waals surface area contributed by atoms with Crippen LogP contribution in [0.5, 0.6) is 0 Å². The fourth-order valence-electron chi connectivity index (χ4n) is 2.97. The molecule has 4 rings (SSSR count). The maximum Gasteiger partial charge on any atom is 0.266 e. The number of hydrogen-bond acceptors (Lipinski definition) is 6. The zero-order chi connectivity index (χ0) is 22.3. The number of hydrogen-bond donors (Lipinski definition) is 1. The van der Waals surface area contributed by atoms with Crippen LogP contribution in [0.4, 0.5) is 0 Å². The second-order valence-corrected chi connectivity index (χ2v) is 7.81.